The van der Waals surface area contributed by atoms with Crippen molar-refractivity contribution in [3.63, 3.8) is 0 Å². The van der Waals surface area contributed by atoms with Crippen LogP contribution < -0.4 is 24.8 Å². The van der Waals surface area contributed by atoms with Crippen LogP contribution in [0.1, 0.15) is 15.9 Å². The Morgan fingerprint density at radius 1 is 1.03 bits per heavy atom. The van der Waals surface area contributed by atoms with Gasteiger partial charge in [0, 0.05) is 12.1 Å². The molecular formula is C20H23FN2O6. The molecule has 0 spiro atoms. The predicted molar refractivity (Wildman–Crippen MR) is 103 cm³/mol. The molecule has 9 heteroatoms. The lowest BCUT2D eigenvalue weighted by molar-refractivity contribution is -0.124. The quantitative estimate of drug-likeness (QED) is 0.579. The minimum absolute atomic E-state index is 0.121. The van der Waals surface area contributed by atoms with Gasteiger partial charge in [-0.05, 0) is 29.8 Å². The van der Waals surface area contributed by atoms with Crippen LogP contribution in [0.15, 0.2) is 36.4 Å². The van der Waals surface area contributed by atoms with Gasteiger partial charge in [0.15, 0.2) is 11.5 Å². The Labute approximate surface area is 167 Å². The molecule has 0 saturated heterocycles. The van der Waals surface area contributed by atoms with Gasteiger partial charge < -0.3 is 30.0 Å². The zero-order chi connectivity index (χ0) is 21.4. The number of carbonyl (C=O) groups is 2. The van der Waals surface area contributed by atoms with Crippen molar-refractivity contribution in [1.29, 1.82) is 0 Å². The van der Waals surface area contributed by atoms with Crippen molar-refractivity contribution in [2.45, 2.75) is 12.6 Å². The lowest BCUT2D eigenvalue weighted by Crippen LogP contribution is -2.48. The zero-order valence-corrected chi connectivity index (χ0v) is 16.3. The first-order chi connectivity index (χ1) is 13.9. The van der Waals surface area contributed by atoms with E-state index in [4.69, 9.17) is 14.2 Å². The van der Waals surface area contributed by atoms with E-state index in [0.717, 1.165) is 0 Å². The van der Waals surface area contributed by atoms with Gasteiger partial charge >= 0.3 is 0 Å². The Bertz CT molecular complexity index is 832. The third-order valence-corrected chi connectivity index (χ3v) is 4.11. The number of amides is 2. The zero-order valence-electron chi connectivity index (χ0n) is 16.3. The summed E-state index contributed by atoms with van der Waals surface area (Å²) in [5.74, 6) is -0.706. The van der Waals surface area contributed by atoms with E-state index in [2.05, 4.69) is 10.6 Å². The number of aliphatic hydroxyl groups excluding tert-OH is 1. The Morgan fingerprint density at radius 3 is 2.10 bits per heavy atom. The van der Waals surface area contributed by atoms with Crippen molar-refractivity contribution in [2.24, 2.45) is 0 Å². The molecule has 2 amide bonds. The van der Waals surface area contributed by atoms with E-state index in [1.807, 2.05) is 0 Å². The summed E-state index contributed by atoms with van der Waals surface area (Å²) in [7, 11) is 4.27. The first kappa shape index (κ1) is 22.0. The van der Waals surface area contributed by atoms with Crippen molar-refractivity contribution in [3.8, 4) is 17.2 Å². The molecule has 0 aromatic heterocycles. The van der Waals surface area contributed by atoms with Crippen LogP contribution in [0.5, 0.6) is 17.2 Å². The third-order valence-electron chi connectivity index (χ3n) is 4.11. The maximum Gasteiger partial charge on any atom is 0.252 e. The predicted octanol–water partition coefficient (Wildman–Crippen LogP) is 1.26. The summed E-state index contributed by atoms with van der Waals surface area (Å²) < 4.78 is 28.5. The Kier molecular flexibility index (Phi) is 7.79. The molecule has 0 aliphatic heterocycles. The van der Waals surface area contributed by atoms with E-state index in [0.29, 0.717) is 11.3 Å². The van der Waals surface area contributed by atoms with Crippen LogP contribution >= 0.6 is 0 Å². The second-order valence-electron chi connectivity index (χ2n) is 5.97. The molecule has 1 unspecified atom stereocenters. The van der Waals surface area contributed by atoms with E-state index >= 15 is 0 Å². The van der Waals surface area contributed by atoms with E-state index in [-0.39, 0.29) is 29.4 Å². The van der Waals surface area contributed by atoms with Crippen molar-refractivity contribution in [3.05, 3.63) is 53.3 Å². The van der Waals surface area contributed by atoms with Crippen LogP contribution in [-0.4, -0.2) is 50.9 Å². The van der Waals surface area contributed by atoms with Crippen molar-refractivity contribution in [1.82, 2.24) is 10.6 Å². The van der Waals surface area contributed by atoms with Gasteiger partial charge in [0.05, 0.1) is 27.9 Å². The number of benzene rings is 2. The lowest BCUT2D eigenvalue weighted by Gasteiger charge is -2.18. The summed E-state index contributed by atoms with van der Waals surface area (Å²) >= 11 is 0. The van der Waals surface area contributed by atoms with Gasteiger partial charge in [0.1, 0.15) is 11.9 Å². The molecular weight excluding hydrogens is 383 g/mol. The lowest BCUT2D eigenvalue weighted by atomic mass is 10.1. The minimum Gasteiger partial charge on any atom is -0.493 e. The molecule has 2 aromatic carbocycles. The van der Waals surface area contributed by atoms with E-state index in [1.165, 1.54) is 57.7 Å². The molecule has 3 N–H and O–H groups in total. The largest absolute Gasteiger partial charge is 0.493 e. The number of nitrogens with one attached hydrogen (secondary N) is 2. The van der Waals surface area contributed by atoms with Crippen LogP contribution in [0, 0.1) is 5.82 Å². The van der Waals surface area contributed by atoms with Crippen LogP contribution in [0.3, 0.4) is 0 Å². The maximum absolute atomic E-state index is 12.9. The van der Waals surface area contributed by atoms with Crippen LogP contribution in [-0.2, 0) is 11.3 Å². The van der Waals surface area contributed by atoms with Crippen molar-refractivity contribution >= 4 is 11.8 Å². The molecule has 8 nitrogen and oxygen atoms in total. The molecule has 0 bridgehead atoms. The molecule has 156 valence electrons. The van der Waals surface area contributed by atoms with Gasteiger partial charge in [-0.3, -0.25) is 9.59 Å². The number of ether oxygens (including phenoxy) is 3. The van der Waals surface area contributed by atoms with Gasteiger partial charge in [-0.15, -0.1) is 0 Å². The second kappa shape index (κ2) is 10.3. The van der Waals surface area contributed by atoms with E-state index in [1.54, 1.807) is 0 Å². The number of aliphatic hydroxyl groups is 1. The second-order valence-corrected chi connectivity index (χ2v) is 5.97. The van der Waals surface area contributed by atoms with Gasteiger partial charge in [-0.25, -0.2) is 4.39 Å². The highest BCUT2D eigenvalue weighted by Gasteiger charge is 2.23. The molecule has 0 aliphatic carbocycles. The number of carbonyl (C=O) groups excluding carboxylic acids is 2. The summed E-state index contributed by atoms with van der Waals surface area (Å²) in [4.78, 5) is 24.9. The van der Waals surface area contributed by atoms with Gasteiger partial charge in [0.25, 0.3) is 5.91 Å². The van der Waals surface area contributed by atoms with Crippen LogP contribution in [0.25, 0.3) is 0 Å². The number of halogens is 1. The highest BCUT2D eigenvalue weighted by Crippen LogP contribution is 2.38. The van der Waals surface area contributed by atoms with E-state index < -0.39 is 24.5 Å². The average Bonchev–Trinajstić information content (AvgIpc) is 2.75. The smallest absolute Gasteiger partial charge is 0.252 e. The minimum atomic E-state index is -1.18. The topological polar surface area (TPSA) is 106 Å². The number of hydrogen-bond donors (Lipinski definition) is 3. The van der Waals surface area contributed by atoms with Gasteiger partial charge in [-0.1, -0.05) is 12.1 Å². The fourth-order valence-corrected chi connectivity index (χ4v) is 2.56. The summed E-state index contributed by atoms with van der Waals surface area (Å²) in [6.45, 7) is -0.485. The molecule has 29 heavy (non-hydrogen) atoms. The standard InChI is InChI=1S/C20H23FN2O6/c1-27-16-8-13(9-17(28-2)18(16)29-3)19(25)23-15(11-24)20(26)22-10-12-4-6-14(21)7-5-12/h4-9,15,24H,10-11H2,1-3H3,(H,22,26)(H,23,25). The molecule has 0 saturated carbocycles. The Hall–Kier alpha value is -3.33. The molecule has 1 atom stereocenters. The molecule has 0 heterocycles. The monoisotopic (exact) mass is 406 g/mol. The normalized spacial score (nSPS) is 11.3. The summed E-state index contributed by atoms with van der Waals surface area (Å²) in [5, 5.41) is 14.6. The molecule has 2 rings (SSSR count). The average molecular weight is 406 g/mol. The van der Waals surface area contributed by atoms with Gasteiger partial charge in [-0.2, -0.15) is 0 Å². The highest BCUT2D eigenvalue weighted by atomic mass is 19.1. The highest BCUT2D eigenvalue weighted by molar-refractivity contribution is 5.98. The van der Waals surface area contributed by atoms with Crippen LogP contribution in [0.4, 0.5) is 4.39 Å². The Balaban J connectivity index is 2.08. The van der Waals surface area contributed by atoms with Crippen LogP contribution in [0.2, 0.25) is 0 Å². The summed E-state index contributed by atoms with van der Waals surface area (Å²) in [6, 6.07) is 7.29. The number of methoxy groups -OCH3 is 3. The molecule has 2 aromatic rings. The number of rotatable bonds is 9. The summed E-state index contributed by atoms with van der Waals surface area (Å²) in [5.41, 5.74) is 0.830. The van der Waals surface area contributed by atoms with Crippen molar-refractivity contribution < 1.29 is 33.3 Å². The number of hydrogen-bond acceptors (Lipinski definition) is 6. The SMILES string of the molecule is COc1cc(C(=O)NC(CO)C(=O)NCc2ccc(F)cc2)cc(OC)c1OC. The maximum atomic E-state index is 12.9. The molecule has 0 fully saturated rings. The fourth-order valence-electron chi connectivity index (χ4n) is 2.56. The summed E-state index contributed by atoms with van der Waals surface area (Å²) in [6.07, 6.45) is 0. The first-order valence-corrected chi connectivity index (χ1v) is 8.67. The van der Waals surface area contributed by atoms with Crippen molar-refractivity contribution in [2.75, 3.05) is 27.9 Å². The van der Waals surface area contributed by atoms with E-state index in [9.17, 15) is 19.1 Å². The molecule has 0 radical (unpaired) electrons. The first-order valence-electron chi connectivity index (χ1n) is 8.67. The Morgan fingerprint density at radius 2 is 1.62 bits per heavy atom. The fraction of sp³-hybridized carbons (Fsp3) is 0.300. The van der Waals surface area contributed by atoms with Gasteiger partial charge in [0.2, 0.25) is 11.7 Å². The third kappa shape index (κ3) is 5.58. The molecule has 0 aliphatic rings.